The lowest BCUT2D eigenvalue weighted by Gasteiger charge is -2.42. The molecular weight excluding hydrogens is 684 g/mol. The van der Waals surface area contributed by atoms with Crippen LogP contribution in [0.5, 0.6) is 5.75 Å². The molecule has 0 aromatic heterocycles. The Morgan fingerprint density at radius 1 is 0.963 bits per heavy atom. The fourth-order valence-corrected chi connectivity index (χ4v) is 7.25. The molecule has 1 saturated carbocycles. The van der Waals surface area contributed by atoms with Crippen LogP contribution in [0.2, 0.25) is 0 Å². The van der Waals surface area contributed by atoms with Crippen molar-refractivity contribution in [2.75, 3.05) is 64.7 Å². The predicted octanol–water partition coefficient (Wildman–Crippen LogP) is 5.87. The first kappa shape index (κ1) is 42.9. The average molecular weight is 747 g/mol. The maximum atomic E-state index is 12.4. The van der Waals surface area contributed by atoms with Gasteiger partial charge in [-0.3, -0.25) is 20.5 Å². The van der Waals surface area contributed by atoms with E-state index in [1.165, 1.54) is 5.56 Å². The lowest BCUT2D eigenvalue weighted by molar-refractivity contribution is -0.117. The van der Waals surface area contributed by atoms with Crippen molar-refractivity contribution < 1.29 is 28.5 Å². The lowest BCUT2D eigenvalue weighted by atomic mass is 9.80. The van der Waals surface area contributed by atoms with Gasteiger partial charge in [-0.2, -0.15) is 0 Å². The van der Waals surface area contributed by atoms with E-state index in [1.807, 2.05) is 47.4 Å². The number of amidine groups is 2. The molecule has 4 rings (SSSR count). The summed E-state index contributed by atoms with van der Waals surface area (Å²) in [4.78, 5) is 16.9. The van der Waals surface area contributed by atoms with Gasteiger partial charge in [-0.1, -0.05) is 36.3 Å². The summed E-state index contributed by atoms with van der Waals surface area (Å²) in [6.07, 6.45) is 10.9. The van der Waals surface area contributed by atoms with E-state index in [4.69, 9.17) is 46.7 Å². The van der Waals surface area contributed by atoms with Crippen molar-refractivity contribution >= 4 is 23.3 Å². The molecule has 2 fully saturated rings. The van der Waals surface area contributed by atoms with Gasteiger partial charge in [0.25, 0.3) is 0 Å². The molecule has 4 unspecified atom stereocenters. The standard InChI is InChI=1S/C42H62N6O6/c1-5-20-50-22-24-52-26-27-53-25-23-51-21-18-41(49)46-36-12-15-38(16-13-36)54-39-29-35(30-39)42(45)48(33(4)43)32(3)28-37-14-11-31(2)47(37)19-17-40(44)34-9-7-6-8-10-34/h1,6-10,12-13,15-16,31-32,35,37,39-40,43,45H,11,14,17-30,44H2,2-4H3,(H,46,49). The molecule has 5 N–H and O–H groups in total. The van der Waals surface area contributed by atoms with Gasteiger partial charge in [-0.15, -0.1) is 6.42 Å². The number of rotatable bonds is 24. The zero-order valence-electron chi connectivity index (χ0n) is 32.5. The smallest absolute Gasteiger partial charge is 0.226 e. The largest absolute Gasteiger partial charge is 0.490 e. The quantitative estimate of drug-likeness (QED) is 0.0447. The highest BCUT2D eigenvalue weighted by molar-refractivity contribution is 5.98. The van der Waals surface area contributed by atoms with Crippen LogP contribution in [-0.4, -0.2) is 111 Å². The molecule has 1 amide bonds. The molecule has 1 aliphatic heterocycles. The zero-order valence-corrected chi connectivity index (χ0v) is 32.5. The van der Waals surface area contributed by atoms with Crippen LogP contribution in [0.25, 0.3) is 0 Å². The third-order valence-corrected chi connectivity index (χ3v) is 10.3. The van der Waals surface area contributed by atoms with Crippen LogP contribution in [0.1, 0.15) is 77.3 Å². The van der Waals surface area contributed by atoms with Gasteiger partial charge in [0, 0.05) is 42.3 Å². The number of hydrogen-bond acceptors (Lipinski definition) is 10. The third kappa shape index (κ3) is 14.1. The minimum absolute atomic E-state index is 0.00599. The van der Waals surface area contributed by atoms with Gasteiger partial charge in [-0.05, 0) is 89.1 Å². The van der Waals surface area contributed by atoms with Gasteiger partial charge in [0.1, 0.15) is 24.3 Å². The zero-order chi connectivity index (χ0) is 38.7. The van der Waals surface area contributed by atoms with E-state index in [1.54, 1.807) is 6.92 Å². The van der Waals surface area contributed by atoms with Crippen molar-refractivity contribution in [3.63, 3.8) is 0 Å². The minimum atomic E-state index is -0.131. The second-order valence-corrected chi connectivity index (χ2v) is 14.4. The van der Waals surface area contributed by atoms with Crippen LogP contribution in [0.3, 0.4) is 0 Å². The summed E-state index contributed by atoms with van der Waals surface area (Å²) in [5, 5.41) is 20.6. The van der Waals surface area contributed by atoms with Crippen molar-refractivity contribution in [3.05, 3.63) is 60.2 Å². The summed E-state index contributed by atoms with van der Waals surface area (Å²) in [6.45, 7) is 10.5. The number of nitrogens with one attached hydrogen (secondary N) is 3. The third-order valence-electron chi connectivity index (χ3n) is 10.3. The lowest BCUT2D eigenvalue weighted by Crippen LogP contribution is -2.51. The maximum absolute atomic E-state index is 12.4. The molecule has 1 heterocycles. The second kappa shape index (κ2) is 23.2. The number of amides is 1. The number of benzene rings is 2. The van der Waals surface area contributed by atoms with E-state index in [9.17, 15) is 4.79 Å². The molecule has 0 spiro atoms. The Kier molecular flexibility index (Phi) is 18.4. The summed E-state index contributed by atoms with van der Waals surface area (Å²) in [6, 6.07) is 18.6. The Bertz CT molecular complexity index is 1460. The van der Waals surface area contributed by atoms with Gasteiger partial charge in [-0.25, -0.2) is 0 Å². The Balaban J connectivity index is 1.10. The first-order chi connectivity index (χ1) is 26.2. The van der Waals surface area contributed by atoms with Crippen LogP contribution >= 0.6 is 0 Å². The fraction of sp³-hybridized carbons (Fsp3) is 0.595. The molecule has 12 heteroatoms. The van der Waals surface area contributed by atoms with E-state index in [0.29, 0.717) is 75.7 Å². The Morgan fingerprint density at radius 2 is 1.59 bits per heavy atom. The normalized spacial score (nSPS) is 20.7. The minimum Gasteiger partial charge on any atom is -0.490 e. The molecule has 2 aromatic rings. The number of anilines is 1. The molecule has 1 saturated heterocycles. The van der Waals surface area contributed by atoms with Crippen molar-refractivity contribution in [1.82, 2.24) is 9.80 Å². The number of terminal acetylenes is 1. The molecule has 4 atom stereocenters. The number of carbonyl (C=O) groups excluding carboxylic acids is 1. The van der Waals surface area contributed by atoms with Crippen molar-refractivity contribution in [2.24, 2.45) is 11.7 Å². The van der Waals surface area contributed by atoms with Gasteiger partial charge < -0.3 is 39.6 Å². The van der Waals surface area contributed by atoms with E-state index < -0.39 is 0 Å². The number of carbonyl (C=O) groups is 1. The molecule has 2 aromatic carbocycles. The van der Waals surface area contributed by atoms with E-state index in [2.05, 4.69) is 42.1 Å². The molecule has 296 valence electrons. The molecular formula is C42H62N6O6. The molecule has 0 bridgehead atoms. The first-order valence-electron chi connectivity index (χ1n) is 19.5. The van der Waals surface area contributed by atoms with E-state index in [0.717, 1.165) is 50.8 Å². The highest BCUT2D eigenvalue weighted by atomic mass is 16.6. The van der Waals surface area contributed by atoms with E-state index >= 15 is 0 Å². The summed E-state index contributed by atoms with van der Waals surface area (Å²) in [5.41, 5.74) is 8.41. The molecule has 0 radical (unpaired) electrons. The second-order valence-electron chi connectivity index (χ2n) is 14.4. The van der Waals surface area contributed by atoms with Gasteiger partial charge in [0.2, 0.25) is 5.91 Å². The monoisotopic (exact) mass is 746 g/mol. The highest BCUT2D eigenvalue weighted by Crippen LogP contribution is 2.35. The molecule has 1 aliphatic carbocycles. The summed E-state index contributed by atoms with van der Waals surface area (Å²) >= 11 is 0. The summed E-state index contributed by atoms with van der Waals surface area (Å²) in [7, 11) is 0. The average Bonchev–Trinajstić information content (AvgIpc) is 3.49. The van der Waals surface area contributed by atoms with Crippen LogP contribution in [0.15, 0.2) is 54.6 Å². The van der Waals surface area contributed by atoms with Crippen molar-refractivity contribution in [1.29, 1.82) is 10.8 Å². The Hall–Kier alpha value is -3.83. The first-order valence-corrected chi connectivity index (χ1v) is 19.5. The Labute approximate surface area is 322 Å². The van der Waals surface area contributed by atoms with Gasteiger partial charge >= 0.3 is 0 Å². The SMILES string of the molecule is C#CCOCCOCCOCCOCCC(=O)Nc1ccc(OC2CC(C(=N)N(C(C)=N)C(C)CC3CCC(C)N3CCC(N)c3ccccc3)C2)cc1. The maximum Gasteiger partial charge on any atom is 0.226 e. The van der Waals surface area contributed by atoms with Crippen LogP contribution in [0, 0.1) is 29.1 Å². The van der Waals surface area contributed by atoms with Crippen molar-refractivity contribution in [2.45, 2.75) is 96.0 Å². The topological polar surface area (TPSA) is 155 Å². The summed E-state index contributed by atoms with van der Waals surface area (Å²) in [5.74, 6) is 3.97. The predicted molar refractivity (Wildman–Crippen MR) is 213 cm³/mol. The number of ether oxygens (including phenoxy) is 5. The number of nitrogens with zero attached hydrogens (tertiary/aromatic N) is 2. The van der Waals surface area contributed by atoms with Crippen LogP contribution < -0.4 is 15.8 Å². The Morgan fingerprint density at radius 3 is 2.22 bits per heavy atom. The number of hydrogen-bond donors (Lipinski definition) is 4. The van der Waals surface area contributed by atoms with Crippen LogP contribution in [-0.2, 0) is 23.7 Å². The highest BCUT2D eigenvalue weighted by Gasteiger charge is 2.39. The number of nitrogens with two attached hydrogens (primary N) is 1. The fourth-order valence-electron chi connectivity index (χ4n) is 7.25. The van der Waals surface area contributed by atoms with Crippen molar-refractivity contribution in [3.8, 4) is 18.1 Å². The van der Waals surface area contributed by atoms with Crippen LogP contribution in [0.4, 0.5) is 5.69 Å². The van der Waals surface area contributed by atoms with Gasteiger partial charge in [0.15, 0.2) is 0 Å². The summed E-state index contributed by atoms with van der Waals surface area (Å²) < 4.78 is 27.7. The molecule has 12 nitrogen and oxygen atoms in total. The van der Waals surface area contributed by atoms with Gasteiger partial charge in [0.05, 0.1) is 58.5 Å². The molecule has 54 heavy (non-hydrogen) atoms. The molecule has 2 aliphatic rings. The van der Waals surface area contributed by atoms with E-state index in [-0.39, 0.29) is 43.0 Å². The number of likely N-dealkylation sites (tertiary alicyclic amines) is 1.